The summed E-state index contributed by atoms with van der Waals surface area (Å²) in [4.78, 5) is 16.9. The van der Waals surface area contributed by atoms with E-state index in [1.807, 2.05) is 11.8 Å². The van der Waals surface area contributed by atoms with Crippen LogP contribution < -0.4 is 0 Å². The van der Waals surface area contributed by atoms with Crippen LogP contribution >= 0.6 is 0 Å². The number of piperidine rings is 2. The summed E-state index contributed by atoms with van der Waals surface area (Å²) < 4.78 is 26.4. The number of hydrogen-bond acceptors (Lipinski definition) is 4. The third-order valence-corrected chi connectivity index (χ3v) is 7.45. The lowest BCUT2D eigenvalue weighted by atomic mass is 10.0. The van der Waals surface area contributed by atoms with Crippen molar-refractivity contribution in [1.82, 2.24) is 14.1 Å². The highest BCUT2D eigenvalue weighted by atomic mass is 32.2. The maximum absolute atomic E-state index is 12.7. The second-order valence-corrected chi connectivity index (χ2v) is 10.3. The SMILES string of the molecule is CC1(C(=O)N2CCCC(N(CCN3CCCCC3)S(C)(=O)=O)C2)CC1. The van der Waals surface area contributed by atoms with Crippen LogP contribution in [0.3, 0.4) is 0 Å². The monoisotopic (exact) mass is 371 g/mol. The molecule has 7 heteroatoms. The number of nitrogens with zero attached hydrogens (tertiary/aromatic N) is 3. The van der Waals surface area contributed by atoms with E-state index < -0.39 is 10.0 Å². The third kappa shape index (κ3) is 4.74. The quantitative estimate of drug-likeness (QED) is 0.710. The van der Waals surface area contributed by atoms with E-state index in [1.54, 1.807) is 4.31 Å². The Hall–Kier alpha value is -0.660. The Morgan fingerprint density at radius 2 is 1.80 bits per heavy atom. The zero-order chi connectivity index (χ0) is 18.1. The number of rotatable bonds is 6. The molecule has 6 nitrogen and oxygen atoms in total. The first kappa shape index (κ1) is 19.1. The number of amides is 1. The summed E-state index contributed by atoms with van der Waals surface area (Å²) in [7, 11) is -3.27. The Balaban J connectivity index is 1.62. The lowest BCUT2D eigenvalue weighted by Gasteiger charge is -2.40. The summed E-state index contributed by atoms with van der Waals surface area (Å²) in [5.41, 5.74) is -0.175. The second kappa shape index (κ2) is 7.53. The topological polar surface area (TPSA) is 60.9 Å². The molecule has 2 heterocycles. The molecule has 0 radical (unpaired) electrons. The minimum Gasteiger partial charge on any atom is -0.341 e. The van der Waals surface area contributed by atoms with Crippen molar-refractivity contribution in [3.8, 4) is 0 Å². The van der Waals surface area contributed by atoms with Gasteiger partial charge in [0.05, 0.1) is 6.26 Å². The highest BCUT2D eigenvalue weighted by molar-refractivity contribution is 7.88. The molecule has 0 N–H and O–H groups in total. The van der Waals surface area contributed by atoms with E-state index in [0.29, 0.717) is 13.1 Å². The van der Waals surface area contributed by atoms with E-state index in [-0.39, 0.29) is 17.4 Å². The van der Waals surface area contributed by atoms with Crippen molar-refractivity contribution >= 4 is 15.9 Å². The molecule has 1 saturated carbocycles. The maximum atomic E-state index is 12.7. The van der Waals surface area contributed by atoms with E-state index in [9.17, 15) is 13.2 Å². The molecular weight excluding hydrogens is 338 g/mol. The van der Waals surface area contributed by atoms with Gasteiger partial charge in [-0.2, -0.15) is 4.31 Å². The average molecular weight is 372 g/mol. The fourth-order valence-electron chi connectivity index (χ4n) is 4.20. The van der Waals surface area contributed by atoms with Gasteiger partial charge in [0.15, 0.2) is 0 Å². The standard InChI is InChI=1S/C18H33N3O3S/c1-18(8-9-18)17(22)20-12-6-7-16(15-20)21(25(2,23)24)14-13-19-10-4-3-5-11-19/h16H,3-15H2,1-2H3. The van der Waals surface area contributed by atoms with Crippen LogP contribution in [0.2, 0.25) is 0 Å². The van der Waals surface area contributed by atoms with Gasteiger partial charge in [-0.3, -0.25) is 4.79 Å². The molecule has 2 aliphatic heterocycles. The zero-order valence-electron chi connectivity index (χ0n) is 15.7. The van der Waals surface area contributed by atoms with Crippen molar-refractivity contribution in [2.75, 3.05) is 45.5 Å². The maximum Gasteiger partial charge on any atom is 0.228 e. The van der Waals surface area contributed by atoms with E-state index in [2.05, 4.69) is 4.90 Å². The van der Waals surface area contributed by atoms with Gasteiger partial charge in [0.1, 0.15) is 0 Å². The Morgan fingerprint density at radius 3 is 2.40 bits per heavy atom. The number of likely N-dealkylation sites (tertiary alicyclic amines) is 2. The highest BCUT2D eigenvalue weighted by Crippen LogP contribution is 2.46. The molecule has 144 valence electrons. The molecule has 3 rings (SSSR count). The minimum atomic E-state index is -3.27. The van der Waals surface area contributed by atoms with Crippen molar-refractivity contribution in [3.05, 3.63) is 0 Å². The van der Waals surface area contributed by atoms with E-state index >= 15 is 0 Å². The van der Waals surface area contributed by atoms with Gasteiger partial charge in [-0.15, -0.1) is 0 Å². The molecule has 1 amide bonds. The largest absolute Gasteiger partial charge is 0.341 e. The van der Waals surface area contributed by atoms with Crippen LogP contribution in [-0.2, 0) is 14.8 Å². The Morgan fingerprint density at radius 1 is 1.12 bits per heavy atom. The van der Waals surface area contributed by atoms with Crippen LogP contribution in [-0.4, -0.2) is 80.0 Å². The molecule has 0 aromatic heterocycles. The summed E-state index contributed by atoms with van der Waals surface area (Å²) in [5, 5.41) is 0. The summed E-state index contributed by atoms with van der Waals surface area (Å²) in [6.45, 7) is 6.86. The molecule has 0 bridgehead atoms. The fraction of sp³-hybridized carbons (Fsp3) is 0.944. The zero-order valence-corrected chi connectivity index (χ0v) is 16.6. The molecular formula is C18H33N3O3S. The van der Waals surface area contributed by atoms with Crippen LogP contribution in [0, 0.1) is 5.41 Å². The summed E-state index contributed by atoms with van der Waals surface area (Å²) in [5.74, 6) is 0.224. The first-order valence-electron chi connectivity index (χ1n) is 9.78. The molecule has 0 spiro atoms. The van der Waals surface area contributed by atoms with E-state index in [1.165, 1.54) is 25.5 Å². The van der Waals surface area contributed by atoms with Gasteiger partial charge < -0.3 is 9.80 Å². The lowest BCUT2D eigenvalue weighted by Crippen LogP contribution is -2.54. The smallest absolute Gasteiger partial charge is 0.228 e. The molecule has 1 atom stereocenters. The normalized spacial score (nSPS) is 27.5. The molecule has 25 heavy (non-hydrogen) atoms. The Labute approximate surface area is 152 Å². The van der Waals surface area contributed by atoms with Crippen LogP contribution in [0.5, 0.6) is 0 Å². The number of carbonyl (C=O) groups is 1. The van der Waals surface area contributed by atoms with Crippen LogP contribution in [0.25, 0.3) is 0 Å². The first-order valence-corrected chi connectivity index (χ1v) is 11.6. The molecule has 0 aromatic rings. The van der Waals surface area contributed by atoms with E-state index in [0.717, 1.165) is 51.9 Å². The van der Waals surface area contributed by atoms with Gasteiger partial charge in [0.25, 0.3) is 0 Å². The molecule has 3 fully saturated rings. The van der Waals surface area contributed by atoms with Crippen molar-refractivity contribution in [2.45, 2.75) is 57.9 Å². The van der Waals surface area contributed by atoms with Gasteiger partial charge >= 0.3 is 0 Å². The molecule has 3 aliphatic rings. The van der Waals surface area contributed by atoms with E-state index in [4.69, 9.17) is 0 Å². The highest BCUT2D eigenvalue weighted by Gasteiger charge is 2.48. The van der Waals surface area contributed by atoms with Gasteiger partial charge in [0.2, 0.25) is 15.9 Å². The summed E-state index contributed by atoms with van der Waals surface area (Å²) in [6, 6.07) is -0.0696. The lowest BCUT2D eigenvalue weighted by molar-refractivity contribution is -0.138. The molecule has 1 unspecified atom stereocenters. The van der Waals surface area contributed by atoms with Crippen LogP contribution in [0.4, 0.5) is 0 Å². The van der Waals surface area contributed by atoms with Gasteiger partial charge in [-0.1, -0.05) is 13.3 Å². The number of sulfonamides is 1. The fourth-order valence-corrected chi connectivity index (χ4v) is 5.33. The second-order valence-electron chi connectivity index (χ2n) is 8.38. The van der Waals surface area contributed by atoms with Crippen LogP contribution in [0.1, 0.15) is 51.9 Å². The predicted octanol–water partition coefficient (Wildman–Crippen LogP) is 1.53. The third-order valence-electron chi connectivity index (χ3n) is 6.12. The van der Waals surface area contributed by atoms with Crippen molar-refractivity contribution in [3.63, 3.8) is 0 Å². The van der Waals surface area contributed by atoms with Gasteiger partial charge in [-0.25, -0.2) is 8.42 Å². The predicted molar refractivity (Wildman–Crippen MR) is 98.8 cm³/mol. The molecule has 1 aliphatic carbocycles. The van der Waals surface area contributed by atoms with Crippen molar-refractivity contribution in [1.29, 1.82) is 0 Å². The average Bonchev–Trinajstić information content (AvgIpc) is 3.33. The van der Waals surface area contributed by atoms with Crippen LogP contribution in [0.15, 0.2) is 0 Å². The Bertz CT molecular complexity index is 582. The number of hydrogen-bond donors (Lipinski definition) is 0. The van der Waals surface area contributed by atoms with Crippen molar-refractivity contribution < 1.29 is 13.2 Å². The first-order chi connectivity index (χ1) is 11.8. The number of carbonyl (C=O) groups excluding carboxylic acids is 1. The van der Waals surface area contributed by atoms with Crippen molar-refractivity contribution in [2.24, 2.45) is 5.41 Å². The van der Waals surface area contributed by atoms with Gasteiger partial charge in [-0.05, 0) is 51.6 Å². The minimum absolute atomic E-state index is 0.0696. The van der Waals surface area contributed by atoms with Gasteiger partial charge in [0, 0.05) is 37.6 Å². The summed E-state index contributed by atoms with van der Waals surface area (Å²) >= 11 is 0. The Kier molecular flexibility index (Phi) is 5.75. The molecule has 2 saturated heterocycles. The molecule has 0 aromatic carbocycles. The summed E-state index contributed by atoms with van der Waals surface area (Å²) in [6.07, 6.45) is 8.70.